The third-order valence-corrected chi connectivity index (χ3v) is 8.31. The number of rotatable bonds is 4. The zero-order valence-corrected chi connectivity index (χ0v) is 20.8. The van der Waals surface area contributed by atoms with Gasteiger partial charge in [-0.3, -0.25) is 14.4 Å². The second-order valence-electron chi connectivity index (χ2n) is 10.2. The highest BCUT2D eigenvalue weighted by Crippen LogP contribution is 2.62. The number of ketones is 2. The molecule has 1 amide bonds. The maximum Gasteiger partial charge on any atom is 0.238 e. The summed E-state index contributed by atoms with van der Waals surface area (Å²) in [6.45, 7) is 0. The Hall–Kier alpha value is -4.84. The number of fused-ring (bicyclic) bond motifs is 6. The van der Waals surface area contributed by atoms with E-state index in [1.54, 1.807) is 24.3 Å². The molecule has 1 saturated heterocycles. The van der Waals surface area contributed by atoms with E-state index in [9.17, 15) is 18.8 Å². The van der Waals surface area contributed by atoms with Crippen LogP contribution in [0.4, 0.5) is 10.1 Å². The predicted molar refractivity (Wildman–Crippen MR) is 146 cm³/mol. The number of carbonyl (C=O) groups is 3. The minimum atomic E-state index is -1.38. The van der Waals surface area contributed by atoms with Crippen molar-refractivity contribution in [3.05, 3.63) is 143 Å². The summed E-state index contributed by atoms with van der Waals surface area (Å²) < 4.78 is 13.8. The van der Waals surface area contributed by atoms with Gasteiger partial charge in [-0.1, -0.05) is 72.8 Å². The fourth-order valence-electron chi connectivity index (χ4n) is 6.73. The van der Waals surface area contributed by atoms with Gasteiger partial charge in [0.2, 0.25) is 5.91 Å². The van der Waals surface area contributed by atoms with Crippen LogP contribution >= 0.6 is 0 Å². The Morgan fingerprint density at radius 2 is 1.44 bits per heavy atom. The molecule has 0 bridgehead atoms. The molecule has 0 unspecified atom stereocenters. The van der Waals surface area contributed by atoms with Crippen molar-refractivity contribution in [3.8, 4) is 0 Å². The number of hydrogen-bond donors (Lipinski definition) is 1. The van der Waals surface area contributed by atoms with E-state index in [4.69, 9.17) is 0 Å². The first-order valence-electron chi connectivity index (χ1n) is 12.9. The number of amides is 1. The maximum atomic E-state index is 14.6. The Kier molecular flexibility index (Phi) is 5.13. The molecule has 3 aliphatic rings. The molecule has 0 radical (unpaired) electrons. The van der Waals surface area contributed by atoms with Crippen LogP contribution in [0.5, 0.6) is 0 Å². The lowest BCUT2D eigenvalue weighted by atomic mass is 9.62. The molecule has 0 aliphatic carbocycles. The first-order valence-corrected chi connectivity index (χ1v) is 12.9. The van der Waals surface area contributed by atoms with Crippen molar-refractivity contribution in [2.24, 2.45) is 5.92 Å². The molecule has 1 N–H and O–H groups in total. The molecule has 4 aromatic carbocycles. The van der Waals surface area contributed by atoms with E-state index in [0.717, 1.165) is 11.1 Å². The number of Topliss-reactive ketones (excluding diaryl/α,β-unsaturated/α-hetero) is 2. The molecule has 0 saturated carbocycles. The van der Waals surface area contributed by atoms with E-state index in [1.807, 2.05) is 71.8 Å². The zero-order chi connectivity index (χ0) is 26.7. The fourth-order valence-corrected chi connectivity index (χ4v) is 6.73. The molecule has 4 aromatic rings. The Labute approximate surface area is 224 Å². The van der Waals surface area contributed by atoms with Crippen LogP contribution in [0.25, 0.3) is 6.08 Å². The summed E-state index contributed by atoms with van der Waals surface area (Å²) >= 11 is 0. The van der Waals surface area contributed by atoms with Crippen molar-refractivity contribution in [3.63, 3.8) is 0 Å². The van der Waals surface area contributed by atoms with E-state index in [2.05, 4.69) is 5.32 Å². The van der Waals surface area contributed by atoms with Crippen molar-refractivity contribution < 1.29 is 18.8 Å². The van der Waals surface area contributed by atoms with E-state index in [1.165, 1.54) is 24.3 Å². The largest absolute Gasteiger partial charge is 0.358 e. The maximum absolute atomic E-state index is 14.6. The van der Waals surface area contributed by atoms with Gasteiger partial charge in [-0.05, 0) is 53.1 Å². The molecule has 0 aromatic heterocycles. The van der Waals surface area contributed by atoms with Crippen molar-refractivity contribution >= 4 is 29.2 Å². The summed E-state index contributed by atoms with van der Waals surface area (Å²) in [6, 6.07) is 27.7. The third kappa shape index (κ3) is 3.21. The van der Waals surface area contributed by atoms with Crippen LogP contribution in [0.15, 0.2) is 109 Å². The second-order valence-corrected chi connectivity index (χ2v) is 10.2. The Bertz CT molecular complexity index is 1680. The van der Waals surface area contributed by atoms with Crippen LogP contribution in [-0.2, 0) is 10.2 Å². The Morgan fingerprint density at radius 1 is 0.769 bits per heavy atom. The van der Waals surface area contributed by atoms with Crippen LogP contribution in [0.1, 0.15) is 43.4 Å². The van der Waals surface area contributed by atoms with Gasteiger partial charge in [-0.25, -0.2) is 4.39 Å². The van der Waals surface area contributed by atoms with Crippen LogP contribution in [0.2, 0.25) is 0 Å². The van der Waals surface area contributed by atoms with Crippen LogP contribution in [0, 0.1) is 11.7 Å². The minimum absolute atomic E-state index is 0.280. The number of para-hydroxylation sites is 1. The highest BCUT2D eigenvalue weighted by molar-refractivity contribution is 6.16. The molecule has 7 rings (SSSR count). The first-order chi connectivity index (χ1) is 19.0. The fraction of sp³-hybridized carbons (Fsp3) is 0.121. The van der Waals surface area contributed by atoms with Gasteiger partial charge in [0, 0.05) is 23.0 Å². The molecule has 39 heavy (non-hydrogen) atoms. The molecule has 6 heteroatoms. The van der Waals surface area contributed by atoms with E-state index in [0.29, 0.717) is 16.8 Å². The molecular formula is C33H23FN2O3. The monoisotopic (exact) mass is 514 g/mol. The summed E-state index contributed by atoms with van der Waals surface area (Å²) in [4.78, 5) is 45.1. The van der Waals surface area contributed by atoms with Gasteiger partial charge < -0.3 is 10.2 Å². The summed E-state index contributed by atoms with van der Waals surface area (Å²) in [5.41, 5.74) is 2.44. The van der Waals surface area contributed by atoms with E-state index >= 15 is 0 Å². The smallest absolute Gasteiger partial charge is 0.238 e. The normalized spacial score (nSPS) is 24.2. The van der Waals surface area contributed by atoms with Gasteiger partial charge in [0.15, 0.2) is 11.6 Å². The topological polar surface area (TPSA) is 66.5 Å². The number of hydrogen-bond acceptors (Lipinski definition) is 4. The number of nitrogens with one attached hydrogen (secondary N) is 1. The average Bonchev–Trinajstić information content (AvgIpc) is 3.45. The van der Waals surface area contributed by atoms with Crippen LogP contribution in [0.3, 0.4) is 0 Å². The molecule has 3 heterocycles. The Morgan fingerprint density at radius 3 is 2.23 bits per heavy atom. The number of carbonyl (C=O) groups excluding carboxylic acids is 3. The van der Waals surface area contributed by atoms with Crippen molar-refractivity contribution in [1.82, 2.24) is 4.90 Å². The Balaban J connectivity index is 1.54. The predicted octanol–water partition coefficient (Wildman–Crippen LogP) is 5.81. The molecule has 3 aliphatic heterocycles. The summed E-state index contributed by atoms with van der Waals surface area (Å²) in [5.74, 6) is -2.45. The SMILES string of the molecule is O=C(c1ccc(F)cc1)[C@H]1[C@H](C(=O)c2ccccc2)[C@]2(C(=O)Nc3ccccc32)[C@@H]2c3ccccc3C=CN21. The minimum Gasteiger partial charge on any atom is -0.358 e. The molecule has 5 nitrogen and oxygen atoms in total. The zero-order valence-electron chi connectivity index (χ0n) is 20.8. The van der Waals surface area contributed by atoms with Gasteiger partial charge in [0.05, 0.1) is 12.0 Å². The van der Waals surface area contributed by atoms with Gasteiger partial charge >= 0.3 is 0 Å². The third-order valence-electron chi connectivity index (χ3n) is 8.31. The second kappa shape index (κ2) is 8.60. The summed E-state index contributed by atoms with van der Waals surface area (Å²) in [6.07, 6.45) is 3.74. The quantitative estimate of drug-likeness (QED) is 0.349. The van der Waals surface area contributed by atoms with Crippen molar-refractivity contribution in [2.75, 3.05) is 5.32 Å². The van der Waals surface area contributed by atoms with E-state index < -0.39 is 29.2 Å². The highest BCUT2D eigenvalue weighted by atomic mass is 19.1. The van der Waals surface area contributed by atoms with Gasteiger partial charge in [0.1, 0.15) is 17.3 Å². The number of benzene rings is 4. The van der Waals surface area contributed by atoms with Crippen LogP contribution in [-0.4, -0.2) is 28.4 Å². The summed E-state index contributed by atoms with van der Waals surface area (Å²) in [7, 11) is 0. The lowest BCUT2D eigenvalue weighted by Gasteiger charge is -2.38. The lowest BCUT2D eigenvalue weighted by Crippen LogP contribution is -2.49. The number of halogens is 1. The first kappa shape index (κ1) is 23.3. The van der Waals surface area contributed by atoms with Gasteiger partial charge in [-0.2, -0.15) is 0 Å². The van der Waals surface area contributed by atoms with Crippen LogP contribution < -0.4 is 5.32 Å². The number of anilines is 1. The van der Waals surface area contributed by atoms with E-state index in [-0.39, 0.29) is 23.0 Å². The summed E-state index contributed by atoms with van der Waals surface area (Å²) in [5, 5.41) is 3.03. The number of nitrogens with zero attached hydrogens (tertiary/aromatic N) is 1. The molecule has 1 fully saturated rings. The molecular weight excluding hydrogens is 491 g/mol. The van der Waals surface area contributed by atoms with Crippen molar-refractivity contribution in [2.45, 2.75) is 17.5 Å². The lowest BCUT2D eigenvalue weighted by molar-refractivity contribution is -0.122. The molecule has 190 valence electrons. The average molecular weight is 515 g/mol. The standard InChI is InChI=1S/C33H23FN2O3/c34-23-16-14-22(15-17-23)30(38)28-27(29(37)21-9-2-1-3-10-21)33(25-12-6-7-13-26(25)35-32(33)39)31-24-11-5-4-8-20(24)18-19-36(28)31/h1-19,27-28,31H,(H,35,39)/t27-,28-,31+,33+/m1/s1. The molecule has 1 spiro atoms. The van der Waals surface area contributed by atoms with Gasteiger partial charge in [0.25, 0.3) is 0 Å². The van der Waals surface area contributed by atoms with Gasteiger partial charge in [-0.15, -0.1) is 0 Å². The van der Waals surface area contributed by atoms with Crippen molar-refractivity contribution in [1.29, 1.82) is 0 Å². The molecule has 4 atom stereocenters. The highest BCUT2D eigenvalue weighted by Gasteiger charge is 2.70.